The molecule has 0 amide bonds. The van der Waals surface area contributed by atoms with Crippen LogP contribution in [0.15, 0.2) is 17.5 Å². The quantitative estimate of drug-likeness (QED) is 0.823. The van der Waals surface area contributed by atoms with Crippen LogP contribution in [0.3, 0.4) is 0 Å². The van der Waals surface area contributed by atoms with Gasteiger partial charge < -0.3 is 10.6 Å². The van der Waals surface area contributed by atoms with Gasteiger partial charge in [0.1, 0.15) is 0 Å². The molecular weight excluding hydrogens is 248 g/mol. The molecule has 3 atom stereocenters. The Balaban J connectivity index is 1.44. The number of thiophene rings is 1. The Bertz CT molecular complexity index is 388. The summed E-state index contributed by atoms with van der Waals surface area (Å²) in [6.45, 7) is 0.852. The summed E-state index contributed by atoms with van der Waals surface area (Å²) in [5, 5.41) is 9.73. The summed E-state index contributed by atoms with van der Waals surface area (Å²) in [5.41, 5.74) is 0. The molecule has 17 heavy (non-hydrogen) atoms. The molecule has 0 unspecified atom stereocenters. The first-order valence-electron chi connectivity index (χ1n) is 6.38. The summed E-state index contributed by atoms with van der Waals surface area (Å²) in [4.78, 5) is 1.34. The number of hydrogen-bond donors (Lipinski definition) is 2. The van der Waals surface area contributed by atoms with Gasteiger partial charge in [-0.15, -0.1) is 11.3 Å². The second kappa shape index (κ2) is 4.94. The van der Waals surface area contributed by atoms with E-state index in [4.69, 9.17) is 12.2 Å². The van der Waals surface area contributed by atoms with Crippen molar-refractivity contribution >= 4 is 28.7 Å². The van der Waals surface area contributed by atoms with Crippen LogP contribution in [0.1, 0.15) is 30.6 Å². The minimum absolute atomic E-state index is 0.636. The van der Waals surface area contributed by atoms with E-state index in [1.54, 1.807) is 11.3 Å². The van der Waals surface area contributed by atoms with Crippen molar-refractivity contribution in [2.24, 2.45) is 11.8 Å². The number of rotatable bonds is 3. The fourth-order valence-electron chi connectivity index (χ4n) is 3.22. The molecule has 0 radical (unpaired) electrons. The lowest BCUT2D eigenvalue weighted by atomic mass is 9.96. The fourth-order valence-corrected chi connectivity index (χ4v) is 4.09. The number of fused-ring (bicyclic) bond motifs is 2. The van der Waals surface area contributed by atoms with Crippen LogP contribution < -0.4 is 10.6 Å². The van der Waals surface area contributed by atoms with Crippen LogP contribution in [0.25, 0.3) is 0 Å². The highest BCUT2D eigenvalue weighted by Gasteiger charge is 2.39. The average molecular weight is 266 g/mol. The van der Waals surface area contributed by atoms with Crippen LogP contribution in [0.4, 0.5) is 0 Å². The third-order valence-corrected chi connectivity index (χ3v) is 5.20. The van der Waals surface area contributed by atoms with Crippen molar-refractivity contribution in [2.45, 2.75) is 38.3 Å². The molecule has 0 aromatic carbocycles. The highest BCUT2D eigenvalue weighted by molar-refractivity contribution is 7.80. The van der Waals surface area contributed by atoms with Gasteiger partial charge >= 0.3 is 0 Å². The first kappa shape index (κ1) is 11.5. The largest absolute Gasteiger partial charge is 0.360 e. The number of nitrogens with one attached hydrogen (secondary N) is 2. The molecule has 2 aliphatic rings. The van der Waals surface area contributed by atoms with Gasteiger partial charge in [0.25, 0.3) is 0 Å². The van der Waals surface area contributed by atoms with Gasteiger partial charge in [0.05, 0.1) is 6.54 Å². The molecular formula is C13H18N2S2. The van der Waals surface area contributed by atoms with Gasteiger partial charge in [0.2, 0.25) is 0 Å². The number of thiocarbonyl (C=S) groups is 1. The van der Waals surface area contributed by atoms with Crippen molar-refractivity contribution in [3.05, 3.63) is 22.4 Å². The van der Waals surface area contributed by atoms with Crippen molar-refractivity contribution in [1.29, 1.82) is 0 Å². The summed E-state index contributed by atoms with van der Waals surface area (Å²) < 4.78 is 0. The molecule has 2 bridgehead atoms. The van der Waals surface area contributed by atoms with Gasteiger partial charge in [0.15, 0.2) is 5.11 Å². The van der Waals surface area contributed by atoms with Gasteiger partial charge in [-0.3, -0.25) is 0 Å². The third-order valence-electron chi connectivity index (χ3n) is 4.06. The van der Waals surface area contributed by atoms with Gasteiger partial charge in [-0.1, -0.05) is 12.5 Å². The molecule has 0 spiro atoms. The minimum Gasteiger partial charge on any atom is -0.360 e. The van der Waals surface area contributed by atoms with E-state index in [1.807, 2.05) is 0 Å². The Kier molecular flexibility index (Phi) is 3.34. The molecule has 92 valence electrons. The van der Waals surface area contributed by atoms with E-state index in [9.17, 15) is 0 Å². The predicted octanol–water partition coefficient (Wildman–Crippen LogP) is 2.90. The fraction of sp³-hybridized carbons (Fsp3) is 0.615. The molecule has 0 saturated heterocycles. The van der Waals surface area contributed by atoms with Crippen LogP contribution in [-0.2, 0) is 6.54 Å². The molecule has 1 heterocycles. The van der Waals surface area contributed by atoms with Crippen molar-refractivity contribution in [3.63, 3.8) is 0 Å². The summed E-state index contributed by atoms with van der Waals surface area (Å²) in [5.74, 6) is 1.85. The van der Waals surface area contributed by atoms with Crippen LogP contribution in [0, 0.1) is 11.8 Å². The van der Waals surface area contributed by atoms with E-state index in [0.29, 0.717) is 6.04 Å². The van der Waals surface area contributed by atoms with Gasteiger partial charge in [-0.2, -0.15) is 0 Å². The number of hydrogen-bond acceptors (Lipinski definition) is 2. The highest BCUT2D eigenvalue weighted by Crippen LogP contribution is 2.44. The molecule has 2 fully saturated rings. The lowest BCUT2D eigenvalue weighted by Gasteiger charge is -2.24. The Morgan fingerprint density at radius 2 is 2.35 bits per heavy atom. The Labute approximate surface area is 112 Å². The van der Waals surface area contributed by atoms with Crippen LogP contribution in [-0.4, -0.2) is 11.2 Å². The lowest BCUT2D eigenvalue weighted by molar-refractivity contribution is 0.389. The monoisotopic (exact) mass is 266 g/mol. The summed E-state index contributed by atoms with van der Waals surface area (Å²) in [7, 11) is 0. The minimum atomic E-state index is 0.636. The maximum absolute atomic E-state index is 5.36. The van der Waals surface area contributed by atoms with E-state index in [1.165, 1.54) is 30.6 Å². The molecule has 1 aromatic heterocycles. The van der Waals surface area contributed by atoms with Crippen LogP contribution in [0.2, 0.25) is 0 Å². The zero-order valence-electron chi connectivity index (χ0n) is 9.82. The van der Waals surface area contributed by atoms with E-state index < -0.39 is 0 Å². The predicted molar refractivity (Wildman–Crippen MR) is 76.1 cm³/mol. The lowest BCUT2D eigenvalue weighted by Crippen LogP contribution is -2.43. The second-order valence-electron chi connectivity index (χ2n) is 5.19. The second-order valence-corrected chi connectivity index (χ2v) is 6.63. The van der Waals surface area contributed by atoms with Gasteiger partial charge in [-0.05, 0) is 54.8 Å². The molecule has 2 N–H and O–H groups in total. The zero-order valence-corrected chi connectivity index (χ0v) is 11.4. The molecule has 0 aliphatic heterocycles. The first-order chi connectivity index (χ1) is 8.31. The molecule has 2 aliphatic carbocycles. The highest BCUT2D eigenvalue weighted by atomic mass is 32.1. The first-order valence-corrected chi connectivity index (χ1v) is 7.67. The Hall–Kier alpha value is -0.610. The third kappa shape index (κ3) is 2.63. The smallest absolute Gasteiger partial charge is 0.166 e. The van der Waals surface area contributed by atoms with Crippen molar-refractivity contribution in [2.75, 3.05) is 0 Å². The van der Waals surface area contributed by atoms with Gasteiger partial charge in [-0.25, -0.2) is 0 Å². The maximum atomic E-state index is 5.36. The molecule has 2 nitrogen and oxygen atoms in total. The standard InChI is InChI=1S/C13H18N2S2/c16-13(14-8-11-2-1-5-17-11)15-12-7-9-3-4-10(12)6-9/h1-2,5,9-10,12H,3-4,6-8H2,(H2,14,15,16)/t9-,10-,12+/m0/s1. The van der Waals surface area contributed by atoms with Gasteiger partial charge in [0, 0.05) is 10.9 Å². The van der Waals surface area contributed by atoms with Crippen molar-refractivity contribution in [3.8, 4) is 0 Å². The van der Waals surface area contributed by atoms with E-state index in [-0.39, 0.29) is 0 Å². The molecule has 2 saturated carbocycles. The summed E-state index contributed by atoms with van der Waals surface area (Å²) in [6.07, 6.45) is 5.59. The van der Waals surface area contributed by atoms with E-state index >= 15 is 0 Å². The molecule has 4 heteroatoms. The zero-order chi connectivity index (χ0) is 11.7. The Morgan fingerprint density at radius 1 is 1.41 bits per heavy atom. The van der Waals surface area contributed by atoms with Crippen molar-refractivity contribution in [1.82, 2.24) is 10.6 Å². The molecule has 1 aromatic rings. The summed E-state index contributed by atoms with van der Waals surface area (Å²) >= 11 is 7.13. The van der Waals surface area contributed by atoms with Crippen LogP contribution in [0.5, 0.6) is 0 Å². The van der Waals surface area contributed by atoms with E-state index in [2.05, 4.69) is 28.1 Å². The van der Waals surface area contributed by atoms with Crippen LogP contribution >= 0.6 is 23.6 Å². The SMILES string of the molecule is S=C(NCc1cccs1)N[C@@H]1C[C@H]2CC[C@H]1C2. The topological polar surface area (TPSA) is 24.1 Å². The normalized spacial score (nSPS) is 30.5. The summed E-state index contributed by atoms with van der Waals surface area (Å²) in [6, 6.07) is 4.85. The van der Waals surface area contributed by atoms with Crippen molar-refractivity contribution < 1.29 is 0 Å². The average Bonchev–Trinajstić information content (AvgIpc) is 3.03. The molecule has 3 rings (SSSR count). The Morgan fingerprint density at radius 3 is 3.00 bits per heavy atom. The van der Waals surface area contributed by atoms with E-state index in [0.717, 1.165) is 23.5 Å². The maximum Gasteiger partial charge on any atom is 0.166 e.